The fraction of sp³-hybridized carbons (Fsp3) is 0. The fourth-order valence-electron chi connectivity index (χ4n) is 8.79. The van der Waals surface area contributed by atoms with Gasteiger partial charge in [0.25, 0.3) is 0 Å². The third-order valence-corrected chi connectivity index (χ3v) is 12.7. The van der Waals surface area contributed by atoms with Gasteiger partial charge >= 0.3 is 0 Å². The number of rotatable bonds is 5. The summed E-state index contributed by atoms with van der Waals surface area (Å²) >= 11 is 1.48. The van der Waals surface area contributed by atoms with Crippen LogP contribution in [0.1, 0.15) is 0 Å². The van der Waals surface area contributed by atoms with Crippen LogP contribution >= 0.6 is 11.3 Å². The van der Waals surface area contributed by atoms with Crippen LogP contribution in [0.2, 0.25) is 0 Å². The second-order valence-electron chi connectivity index (χ2n) is 14.7. The van der Waals surface area contributed by atoms with Crippen LogP contribution in [0.15, 0.2) is 188 Å². The van der Waals surface area contributed by atoms with Gasteiger partial charge in [-0.15, -0.1) is 11.3 Å². The molecule has 0 atom stereocenters. The number of hydrogen-bond donors (Lipinski definition) is 0. The standard InChI is InChI=1S/C52H31FN4S/c53-43-22-12-20-40-39-19-11-21-41(50(39)58-51(40)43)45-31-44(32-13-3-1-4-14-32)54-52(55-45)57-47-24-10-7-17-36(47)38-27-25-34(30-49(38)57)33-26-28-48-42(29-33)37-18-8-9-23-46(37)56(48)35-15-5-2-6-16-35/h1-31H. The Morgan fingerprint density at radius 1 is 0.379 bits per heavy atom. The van der Waals surface area contributed by atoms with Crippen molar-refractivity contribution in [2.24, 2.45) is 0 Å². The first-order valence-corrected chi connectivity index (χ1v) is 20.2. The Labute approximate surface area is 336 Å². The summed E-state index contributed by atoms with van der Waals surface area (Å²) in [6.07, 6.45) is 0. The molecule has 12 aromatic rings. The van der Waals surface area contributed by atoms with Crippen LogP contribution in [0.3, 0.4) is 0 Å². The van der Waals surface area contributed by atoms with Gasteiger partial charge in [-0.05, 0) is 65.7 Å². The minimum Gasteiger partial charge on any atom is -0.309 e. The van der Waals surface area contributed by atoms with E-state index in [1.54, 1.807) is 6.07 Å². The van der Waals surface area contributed by atoms with Gasteiger partial charge in [-0.1, -0.05) is 133 Å². The second-order valence-corrected chi connectivity index (χ2v) is 15.7. The first-order chi connectivity index (χ1) is 28.7. The maximum absolute atomic E-state index is 15.1. The molecule has 58 heavy (non-hydrogen) atoms. The number of aromatic nitrogens is 4. The summed E-state index contributed by atoms with van der Waals surface area (Å²) in [7, 11) is 0. The zero-order chi connectivity index (χ0) is 38.3. The van der Waals surface area contributed by atoms with Gasteiger partial charge < -0.3 is 4.57 Å². The molecule has 0 fully saturated rings. The first-order valence-electron chi connectivity index (χ1n) is 19.4. The van der Waals surface area contributed by atoms with Gasteiger partial charge in [-0.25, -0.2) is 14.4 Å². The van der Waals surface area contributed by atoms with E-state index in [0.717, 1.165) is 76.6 Å². The molecule has 0 unspecified atom stereocenters. The van der Waals surface area contributed by atoms with Crippen LogP contribution in [-0.4, -0.2) is 19.1 Å². The third-order valence-electron chi connectivity index (χ3n) is 11.4. The third kappa shape index (κ3) is 4.98. The van der Waals surface area contributed by atoms with Crippen LogP contribution in [0.4, 0.5) is 4.39 Å². The molecule has 0 radical (unpaired) electrons. The number of benzene rings is 8. The molecule has 12 rings (SSSR count). The molecule has 0 saturated heterocycles. The molecule has 0 spiro atoms. The summed E-state index contributed by atoms with van der Waals surface area (Å²) < 4.78 is 21.3. The molecule has 0 saturated carbocycles. The Balaban J connectivity index is 1.09. The van der Waals surface area contributed by atoms with Crippen molar-refractivity contribution in [2.45, 2.75) is 0 Å². The van der Waals surface area contributed by atoms with E-state index >= 15 is 4.39 Å². The number of thiophene rings is 1. The van der Waals surface area contributed by atoms with Crippen molar-refractivity contribution in [1.29, 1.82) is 0 Å². The quantitative estimate of drug-likeness (QED) is 0.175. The molecular formula is C52H31FN4S. The van der Waals surface area contributed by atoms with E-state index in [4.69, 9.17) is 9.97 Å². The molecule has 0 bridgehead atoms. The Bertz CT molecular complexity index is 3580. The predicted molar refractivity (Wildman–Crippen MR) is 240 cm³/mol. The SMILES string of the molecule is Fc1cccc2c1sc1c(-c3cc(-c4ccccc4)nc(-n4c5ccccc5c5ccc(-c6ccc7c(c6)c6ccccc6n7-c6ccccc6)cc54)n3)cccc12. The number of fused-ring (bicyclic) bond motifs is 9. The number of hydrogen-bond acceptors (Lipinski definition) is 3. The fourth-order valence-corrected chi connectivity index (χ4v) is 10.0. The van der Waals surface area contributed by atoms with Gasteiger partial charge in [0.2, 0.25) is 5.95 Å². The van der Waals surface area contributed by atoms with Crippen molar-refractivity contribution < 1.29 is 4.39 Å². The van der Waals surface area contributed by atoms with Gasteiger partial charge in [0.05, 0.1) is 38.2 Å². The Kier molecular flexibility index (Phi) is 7.25. The average molecular weight is 763 g/mol. The predicted octanol–water partition coefficient (Wildman–Crippen LogP) is 14.2. The lowest BCUT2D eigenvalue weighted by molar-refractivity contribution is 0.642. The van der Waals surface area contributed by atoms with Crippen LogP contribution in [0.25, 0.3) is 109 Å². The van der Waals surface area contributed by atoms with Gasteiger partial charge in [0.15, 0.2) is 0 Å². The molecule has 4 nitrogen and oxygen atoms in total. The molecule has 0 aliphatic carbocycles. The minimum absolute atomic E-state index is 0.208. The molecular weight excluding hydrogens is 732 g/mol. The van der Waals surface area contributed by atoms with E-state index in [9.17, 15) is 0 Å². The van der Waals surface area contributed by atoms with Gasteiger partial charge in [0, 0.05) is 53.8 Å². The lowest BCUT2D eigenvalue weighted by Gasteiger charge is -2.13. The summed E-state index contributed by atoms with van der Waals surface area (Å²) in [6.45, 7) is 0. The van der Waals surface area contributed by atoms with E-state index in [1.807, 2.05) is 30.3 Å². The second kappa shape index (κ2) is 12.8. The summed E-state index contributed by atoms with van der Waals surface area (Å²) in [5, 5.41) is 6.60. The van der Waals surface area contributed by atoms with E-state index in [1.165, 1.54) is 39.2 Å². The summed E-state index contributed by atoms with van der Waals surface area (Å²) in [6, 6.07) is 65.1. The Hall–Kier alpha value is -7.41. The van der Waals surface area contributed by atoms with Crippen molar-refractivity contribution in [3.63, 3.8) is 0 Å². The van der Waals surface area contributed by atoms with E-state index in [-0.39, 0.29) is 5.82 Å². The monoisotopic (exact) mass is 762 g/mol. The lowest BCUT2D eigenvalue weighted by atomic mass is 10.0. The average Bonchev–Trinajstić information content (AvgIpc) is 3.95. The van der Waals surface area contributed by atoms with Crippen LogP contribution < -0.4 is 0 Å². The topological polar surface area (TPSA) is 35.6 Å². The lowest BCUT2D eigenvalue weighted by Crippen LogP contribution is -2.04. The molecule has 6 heteroatoms. The van der Waals surface area contributed by atoms with Gasteiger partial charge in [0.1, 0.15) is 5.82 Å². The minimum atomic E-state index is -0.208. The molecule has 4 heterocycles. The Morgan fingerprint density at radius 3 is 1.78 bits per heavy atom. The van der Waals surface area contributed by atoms with Crippen LogP contribution in [0, 0.1) is 5.82 Å². The molecule has 0 amide bonds. The zero-order valence-electron chi connectivity index (χ0n) is 31.0. The highest BCUT2D eigenvalue weighted by molar-refractivity contribution is 7.26. The van der Waals surface area contributed by atoms with Crippen molar-refractivity contribution in [3.05, 3.63) is 194 Å². The smallest absolute Gasteiger partial charge is 0.235 e. The highest BCUT2D eigenvalue weighted by Crippen LogP contribution is 2.42. The molecule has 272 valence electrons. The largest absolute Gasteiger partial charge is 0.309 e. The van der Waals surface area contributed by atoms with Crippen molar-refractivity contribution in [2.75, 3.05) is 0 Å². The van der Waals surface area contributed by atoms with Crippen LogP contribution in [-0.2, 0) is 0 Å². The van der Waals surface area contributed by atoms with Crippen molar-refractivity contribution in [1.82, 2.24) is 19.1 Å². The van der Waals surface area contributed by atoms with Gasteiger partial charge in [-0.2, -0.15) is 0 Å². The van der Waals surface area contributed by atoms with Gasteiger partial charge in [-0.3, -0.25) is 4.57 Å². The highest BCUT2D eigenvalue weighted by atomic mass is 32.1. The normalized spacial score (nSPS) is 11.9. The maximum Gasteiger partial charge on any atom is 0.235 e. The number of halogens is 1. The van der Waals surface area contributed by atoms with E-state index in [2.05, 4.69) is 155 Å². The summed E-state index contributed by atoms with van der Waals surface area (Å²) in [5.74, 6) is 0.366. The van der Waals surface area contributed by atoms with Crippen molar-refractivity contribution >= 4 is 75.1 Å². The maximum atomic E-state index is 15.1. The Morgan fingerprint density at radius 2 is 0.966 bits per heavy atom. The molecule has 0 aliphatic heterocycles. The van der Waals surface area contributed by atoms with E-state index in [0.29, 0.717) is 10.6 Å². The zero-order valence-corrected chi connectivity index (χ0v) is 31.8. The number of nitrogens with zero attached hydrogens (tertiary/aromatic N) is 4. The van der Waals surface area contributed by atoms with Crippen molar-refractivity contribution in [3.8, 4) is 45.3 Å². The highest BCUT2D eigenvalue weighted by Gasteiger charge is 2.20. The summed E-state index contributed by atoms with van der Waals surface area (Å²) in [5.41, 5.74) is 11.3. The van der Waals surface area contributed by atoms with Crippen LogP contribution in [0.5, 0.6) is 0 Å². The molecule has 8 aromatic carbocycles. The summed E-state index contributed by atoms with van der Waals surface area (Å²) in [4.78, 5) is 10.7. The molecule has 0 aliphatic rings. The first kappa shape index (κ1) is 32.8. The molecule has 4 aromatic heterocycles. The number of para-hydroxylation sites is 3. The molecule has 0 N–H and O–H groups in total. The van der Waals surface area contributed by atoms with E-state index < -0.39 is 0 Å².